The zero-order chi connectivity index (χ0) is 12.6. The summed E-state index contributed by atoms with van der Waals surface area (Å²) in [5.41, 5.74) is 0.168. The number of nitrogens with zero attached hydrogens (tertiary/aromatic N) is 1. The van der Waals surface area contributed by atoms with Gasteiger partial charge in [0.1, 0.15) is 0 Å². The van der Waals surface area contributed by atoms with Crippen molar-refractivity contribution in [2.75, 3.05) is 40.4 Å². The lowest BCUT2D eigenvalue weighted by atomic mass is 9.90. The summed E-state index contributed by atoms with van der Waals surface area (Å²) in [5.74, 6) is 0.144. The van der Waals surface area contributed by atoms with Gasteiger partial charge in [-0.1, -0.05) is 13.8 Å². The minimum atomic E-state index is 0.144. The Hall–Kier alpha value is -0.610. The van der Waals surface area contributed by atoms with E-state index in [2.05, 4.69) is 19.2 Å². The molecule has 0 aromatic rings. The van der Waals surface area contributed by atoms with Gasteiger partial charge in [-0.15, -0.1) is 0 Å². The molecule has 0 spiro atoms. The van der Waals surface area contributed by atoms with Gasteiger partial charge in [0.05, 0.1) is 6.54 Å². The van der Waals surface area contributed by atoms with Crippen LogP contribution in [0.1, 0.15) is 27.2 Å². The smallest absolute Gasteiger partial charge is 0.236 e. The number of methoxy groups -OCH3 is 1. The molecule has 0 aliphatic rings. The van der Waals surface area contributed by atoms with E-state index in [1.807, 2.05) is 14.0 Å². The van der Waals surface area contributed by atoms with Crippen LogP contribution in [0.5, 0.6) is 0 Å². The van der Waals surface area contributed by atoms with Crippen LogP contribution in [0.4, 0.5) is 0 Å². The number of carbonyl (C=O) groups is 1. The second-order valence-electron chi connectivity index (χ2n) is 4.92. The lowest BCUT2D eigenvalue weighted by molar-refractivity contribution is -0.128. The highest BCUT2D eigenvalue weighted by Crippen LogP contribution is 2.18. The van der Waals surface area contributed by atoms with E-state index in [0.717, 1.165) is 26.1 Å². The number of hydrogen-bond acceptors (Lipinski definition) is 3. The fraction of sp³-hybridized carbons (Fsp3) is 0.917. The summed E-state index contributed by atoms with van der Waals surface area (Å²) in [6.07, 6.45) is 0.994. The van der Waals surface area contributed by atoms with E-state index in [-0.39, 0.29) is 11.3 Å². The Morgan fingerprint density at radius 1 is 1.44 bits per heavy atom. The number of rotatable bonds is 8. The average Bonchev–Trinajstić information content (AvgIpc) is 2.24. The molecule has 96 valence electrons. The number of likely N-dealkylation sites (N-methyl/N-ethyl adjacent to an activating group) is 1. The fourth-order valence-corrected chi connectivity index (χ4v) is 1.29. The van der Waals surface area contributed by atoms with Crippen LogP contribution >= 0.6 is 0 Å². The van der Waals surface area contributed by atoms with Crippen LogP contribution in [0.2, 0.25) is 0 Å². The molecule has 0 atom stereocenters. The summed E-state index contributed by atoms with van der Waals surface area (Å²) in [7, 11) is 3.53. The Labute approximate surface area is 99.3 Å². The average molecular weight is 230 g/mol. The molecule has 0 saturated carbocycles. The normalized spacial score (nSPS) is 11.6. The molecule has 0 fully saturated rings. The zero-order valence-corrected chi connectivity index (χ0v) is 11.3. The van der Waals surface area contributed by atoms with Gasteiger partial charge in [-0.2, -0.15) is 0 Å². The van der Waals surface area contributed by atoms with Crippen LogP contribution < -0.4 is 5.32 Å². The molecule has 0 aromatic heterocycles. The lowest BCUT2D eigenvalue weighted by Crippen LogP contribution is -2.39. The van der Waals surface area contributed by atoms with Gasteiger partial charge >= 0.3 is 0 Å². The van der Waals surface area contributed by atoms with Crippen LogP contribution in [-0.4, -0.2) is 51.2 Å². The molecule has 0 saturated heterocycles. The summed E-state index contributed by atoms with van der Waals surface area (Å²) < 4.78 is 5.06. The van der Waals surface area contributed by atoms with Crippen molar-refractivity contribution >= 4 is 5.91 Å². The number of hydrogen-bond donors (Lipinski definition) is 1. The van der Waals surface area contributed by atoms with Crippen molar-refractivity contribution in [1.82, 2.24) is 10.2 Å². The van der Waals surface area contributed by atoms with Crippen molar-refractivity contribution < 1.29 is 9.53 Å². The molecule has 0 aliphatic carbocycles. The van der Waals surface area contributed by atoms with Crippen molar-refractivity contribution in [1.29, 1.82) is 0 Å². The van der Waals surface area contributed by atoms with Crippen molar-refractivity contribution in [3.63, 3.8) is 0 Å². The van der Waals surface area contributed by atoms with Crippen LogP contribution in [0.15, 0.2) is 0 Å². The quantitative estimate of drug-likeness (QED) is 0.679. The summed E-state index contributed by atoms with van der Waals surface area (Å²) in [6, 6.07) is 0. The standard InChI is InChI=1S/C12H26N2O2/c1-6-14(4)11(15)9-13-10-12(2,3)7-8-16-5/h13H,6-10H2,1-5H3. The Balaban J connectivity index is 3.75. The molecule has 0 rings (SSSR count). The SMILES string of the molecule is CCN(C)C(=O)CNCC(C)(C)CCOC. The van der Waals surface area contributed by atoms with Gasteiger partial charge in [0.25, 0.3) is 0 Å². The van der Waals surface area contributed by atoms with Crippen LogP contribution in [0.3, 0.4) is 0 Å². The van der Waals surface area contributed by atoms with E-state index < -0.39 is 0 Å². The monoisotopic (exact) mass is 230 g/mol. The predicted octanol–water partition coefficient (Wildman–Crippen LogP) is 1.12. The highest BCUT2D eigenvalue weighted by molar-refractivity contribution is 5.77. The molecule has 16 heavy (non-hydrogen) atoms. The Bertz CT molecular complexity index is 205. The third kappa shape index (κ3) is 6.80. The summed E-state index contributed by atoms with van der Waals surface area (Å²) in [6.45, 7) is 9.09. The fourth-order valence-electron chi connectivity index (χ4n) is 1.29. The van der Waals surface area contributed by atoms with Crippen molar-refractivity contribution in [2.24, 2.45) is 5.41 Å². The van der Waals surface area contributed by atoms with E-state index in [4.69, 9.17) is 4.74 Å². The second kappa shape index (κ2) is 7.63. The largest absolute Gasteiger partial charge is 0.385 e. The van der Waals surface area contributed by atoms with Gasteiger partial charge < -0.3 is 15.0 Å². The van der Waals surface area contributed by atoms with E-state index in [0.29, 0.717) is 6.54 Å². The maximum atomic E-state index is 11.5. The van der Waals surface area contributed by atoms with Gasteiger partial charge in [-0.25, -0.2) is 0 Å². The Kier molecular flexibility index (Phi) is 7.34. The molecule has 0 aliphatic heterocycles. The summed E-state index contributed by atoms with van der Waals surface area (Å²) in [5, 5.41) is 3.20. The maximum Gasteiger partial charge on any atom is 0.236 e. The molecule has 1 amide bonds. The Morgan fingerprint density at radius 3 is 2.56 bits per heavy atom. The van der Waals surface area contributed by atoms with E-state index in [1.165, 1.54) is 0 Å². The minimum absolute atomic E-state index is 0.144. The van der Waals surface area contributed by atoms with Crippen molar-refractivity contribution in [3.05, 3.63) is 0 Å². The van der Waals surface area contributed by atoms with Gasteiger partial charge in [0.15, 0.2) is 0 Å². The molecular weight excluding hydrogens is 204 g/mol. The molecule has 0 aromatic carbocycles. The Morgan fingerprint density at radius 2 is 2.06 bits per heavy atom. The van der Waals surface area contributed by atoms with Crippen LogP contribution in [0.25, 0.3) is 0 Å². The highest BCUT2D eigenvalue weighted by Gasteiger charge is 2.17. The van der Waals surface area contributed by atoms with Gasteiger partial charge in [-0.3, -0.25) is 4.79 Å². The van der Waals surface area contributed by atoms with Gasteiger partial charge in [0.2, 0.25) is 5.91 Å². The predicted molar refractivity (Wildman–Crippen MR) is 66.5 cm³/mol. The highest BCUT2D eigenvalue weighted by atomic mass is 16.5. The number of amides is 1. The van der Waals surface area contributed by atoms with E-state index in [9.17, 15) is 4.79 Å². The summed E-state index contributed by atoms with van der Waals surface area (Å²) >= 11 is 0. The van der Waals surface area contributed by atoms with Gasteiger partial charge in [0, 0.05) is 33.9 Å². The van der Waals surface area contributed by atoms with Crippen molar-refractivity contribution in [2.45, 2.75) is 27.2 Å². The number of carbonyl (C=O) groups excluding carboxylic acids is 1. The van der Waals surface area contributed by atoms with Crippen molar-refractivity contribution in [3.8, 4) is 0 Å². The topological polar surface area (TPSA) is 41.6 Å². The maximum absolute atomic E-state index is 11.5. The molecular formula is C12H26N2O2. The zero-order valence-electron chi connectivity index (χ0n) is 11.3. The molecule has 4 heteroatoms. The molecule has 4 nitrogen and oxygen atoms in total. The first-order chi connectivity index (χ1) is 7.43. The molecule has 0 bridgehead atoms. The summed E-state index contributed by atoms with van der Waals surface area (Å²) in [4.78, 5) is 13.2. The van der Waals surface area contributed by atoms with E-state index >= 15 is 0 Å². The third-order valence-electron chi connectivity index (χ3n) is 2.76. The number of ether oxygens (including phenoxy) is 1. The molecule has 0 unspecified atom stereocenters. The minimum Gasteiger partial charge on any atom is -0.385 e. The number of nitrogens with one attached hydrogen (secondary N) is 1. The van der Waals surface area contributed by atoms with Gasteiger partial charge in [-0.05, 0) is 18.8 Å². The first kappa shape index (κ1) is 15.4. The first-order valence-electron chi connectivity index (χ1n) is 5.86. The van der Waals surface area contributed by atoms with Crippen LogP contribution in [-0.2, 0) is 9.53 Å². The second-order valence-corrected chi connectivity index (χ2v) is 4.92. The lowest BCUT2D eigenvalue weighted by Gasteiger charge is -2.25. The first-order valence-corrected chi connectivity index (χ1v) is 5.86. The molecule has 0 heterocycles. The molecule has 0 radical (unpaired) electrons. The third-order valence-corrected chi connectivity index (χ3v) is 2.76. The van der Waals surface area contributed by atoms with E-state index in [1.54, 1.807) is 12.0 Å². The van der Waals surface area contributed by atoms with Crippen LogP contribution in [0, 0.1) is 5.41 Å². The molecule has 1 N–H and O–H groups in total.